The first kappa shape index (κ1) is 13.8. The van der Waals surface area contributed by atoms with Crippen LogP contribution in [0.15, 0.2) is 24.3 Å². The van der Waals surface area contributed by atoms with E-state index in [1.54, 1.807) is 12.1 Å². The summed E-state index contributed by atoms with van der Waals surface area (Å²) >= 11 is 5.81. The predicted octanol–water partition coefficient (Wildman–Crippen LogP) is 1.15. The Morgan fingerprint density at radius 2 is 1.94 bits per heavy atom. The number of aliphatic hydroxyl groups excluding tert-OH is 1. The van der Waals surface area contributed by atoms with Gasteiger partial charge < -0.3 is 10.4 Å². The van der Waals surface area contributed by atoms with E-state index in [9.17, 15) is 13.5 Å². The maximum atomic E-state index is 11.4. The second-order valence-corrected chi connectivity index (χ2v) is 7.28. The SMILES string of the molecule is CC(NC1CS(=O)(=O)CC1O)c1ccc(Cl)cc1. The van der Waals surface area contributed by atoms with Gasteiger partial charge in [-0.1, -0.05) is 23.7 Å². The van der Waals surface area contributed by atoms with Crippen molar-refractivity contribution in [2.45, 2.75) is 25.1 Å². The normalized spacial score (nSPS) is 28.2. The number of halogens is 1. The Morgan fingerprint density at radius 1 is 1.33 bits per heavy atom. The molecule has 1 aliphatic heterocycles. The summed E-state index contributed by atoms with van der Waals surface area (Å²) in [7, 11) is -3.11. The molecule has 0 spiro atoms. The second kappa shape index (κ2) is 5.17. The van der Waals surface area contributed by atoms with E-state index < -0.39 is 22.0 Å². The average Bonchev–Trinajstić information content (AvgIpc) is 2.52. The molecular formula is C12H16ClNO3S. The molecule has 1 aromatic carbocycles. The molecule has 0 radical (unpaired) electrons. The Labute approximate surface area is 112 Å². The number of benzene rings is 1. The molecule has 2 rings (SSSR count). The van der Waals surface area contributed by atoms with Gasteiger partial charge in [-0.2, -0.15) is 0 Å². The van der Waals surface area contributed by atoms with Gasteiger partial charge in [-0.25, -0.2) is 8.42 Å². The van der Waals surface area contributed by atoms with Crippen molar-refractivity contribution in [1.29, 1.82) is 0 Å². The van der Waals surface area contributed by atoms with Crippen LogP contribution < -0.4 is 5.32 Å². The third kappa shape index (κ3) is 3.23. The highest BCUT2D eigenvalue weighted by Crippen LogP contribution is 2.20. The molecule has 4 nitrogen and oxygen atoms in total. The summed E-state index contributed by atoms with van der Waals surface area (Å²) in [6.07, 6.45) is -0.829. The van der Waals surface area contributed by atoms with Crippen molar-refractivity contribution in [3.05, 3.63) is 34.9 Å². The summed E-state index contributed by atoms with van der Waals surface area (Å²) in [4.78, 5) is 0. The van der Waals surface area contributed by atoms with E-state index in [2.05, 4.69) is 5.32 Å². The highest BCUT2D eigenvalue weighted by Gasteiger charge is 2.36. The van der Waals surface area contributed by atoms with Gasteiger partial charge in [0.2, 0.25) is 0 Å². The summed E-state index contributed by atoms with van der Waals surface area (Å²) < 4.78 is 22.8. The first-order valence-corrected chi connectivity index (χ1v) is 7.97. The average molecular weight is 290 g/mol. The lowest BCUT2D eigenvalue weighted by molar-refractivity contribution is 0.160. The van der Waals surface area contributed by atoms with E-state index in [0.29, 0.717) is 5.02 Å². The lowest BCUT2D eigenvalue weighted by Crippen LogP contribution is -2.40. The molecule has 2 N–H and O–H groups in total. The fourth-order valence-electron chi connectivity index (χ4n) is 2.16. The van der Waals surface area contributed by atoms with Crippen molar-refractivity contribution in [3.8, 4) is 0 Å². The van der Waals surface area contributed by atoms with Gasteiger partial charge in [-0.05, 0) is 24.6 Å². The van der Waals surface area contributed by atoms with E-state index in [1.807, 2.05) is 19.1 Å². The van der Waals surface area contributed by atoms with Crippen molar-refractivity contribution in [2.24, 2.45) is 0 Å². The Hall–Kier alpha value is -0.620. The highest BCUT2D eigenvalue weighted by atomic mass is 35.5. The zero-order valence-electron chi connectivity index (χ0n) is 10.0. The van der Waals surface area contributed by atoms with Gasteiger partial charge in [-0.3, -0.25) is 0 Å². The molecule has 100 valence electrons. The first-order valence-electron chi connectivity index (χ1n) is 5.77. The van der Waals surface area contributed by atoms with Gasteiger partial charge in [0.05, 0.1) is 17.6 Å². The fraction of sp³-hybridized carbons (Fsp3) is 0.500. The zero-order valence-corrected chi connectivity index (χ0v) is 11.6. The Balaban J connectivity index is 2.04. The largest absolute Gasteiger partial charge is 0.390 e. The molecule has 1 saturated heterocycles. The summed E-state index contributed by atoms with van der Waals surface area (Å²) in [5.74, 6) is -0.163. The lowest BCUT2D eigenvalue weighted by atomic mass is 10.1. The molecule has 0 saturated carbocycles. The molecule has 1 fully saturated rings. The summed E-state index contributed by atoms with van der Waals surface area (Å²) in [5.41, 5.74) is 1.01. The van der Waals surface area contributed by atoms with Crippen LogP contribution in [0.2, 0.25) is 5.02 Å². The van der Waals surface area contributed by atoms with Gasteiger partial charge >= 0.3 is 0 Å². The van der Waals surface area contributed by atoms with Crippen LogP contribution in [0, 0.1) is 0 Å². The predicted molar refractivity (Wildman–Crippen MR) is 71.5 cm³/mol. The Morgan fingerprint density at radius 3 is 2.44 bits per heavy atom. The van der Waals surface area contributed by atoms with E-state index in [4.69, 9.17) is 11.6 Å². The van der Waals surface area contributed by atoms with Gasteiger partial charge in [-0.15, -0.1) is 0 Å². The molecule has 1 heterocycles. The third-order valence-corrected chi connectivity index (χ3v) is 5.13. The van der Waals surface area contributed by atoms with Crippen molar-refractivity contribution in [1.82, 2.24) is 5.32 Å². The Bertz CT molecular complexity index is 515. The number of sulfone groups is 1. The Kier molecular flexibility index (Phi) is 3.96. The smallest absolute Gasteiger partial charge is 0.154 e. The van der Waals surface area contributed by atoms with Crippen molar-refractivity contribution >= 4 is 21.4 Å². The number of aliphatic hydroxyl groups is 1. The van der Waals surface area contributed by atoms with Crippen LogP contribution in [0.3, 0.4) is 0 Å². The maximum absolute atomic E-state index is 11.4. The summed E-state index contributed by atoms with van der Waals surface area (Å²) in [5, 5.41) is 13.5. The minimum atomic E-state index is -3.11. The fourth-order valence-corrected chi connectivity index (χ4v) is 4.04. The van der Waals surface area contributed by atoms with Gasteiger partial charge in [0.25, 0.3) is 0 Å². The number of nitrogens with one attached hydrogen (secondary N) is 1. The monoisotopic (exact) mass is 289 g/mol. The minimum Gasteiger partial charge on any atom is -0.390 e. The van der Waals surface area contributed by atoms with Crippen LogP contribution in [0.1, 0.15) is 18.5 Å². The molecule has 0 aromatic heterocycles. The topological polar surface area (TPSA) is 66.4 Å². The molecule has 1 aliphatic rings. The van der Waals surface area contributed by atoms with Crippen molar-refractivity contribution in [3.63, 3.8) is 0 Å². The quantitative estimate of drug-likeness (QED) is 0.876. The molecular weight excluding hydrogens is 274 g/mol. The van der Waals surface area contributed by atoms with E-state index in [1.165, 1.54) is 0 Å². The van der Waals surface area contributed by atoms with Crippen LogP contribution in [-0.2, 0) is 9.84 Å². The first-order chi connectivity index (χ1) is 8.37. The molecule has 1 aromatic rings. The van der Waals surface area contributed by atoms with E-state index >= 15 is 0 Å². The van der Waals surface area contributed by atoms with Crippen LogP contribution in [0.4, 0.5) is 0 Å². The number of hydrogen-bond donors (Lipinski definition) is 2. The summed E-state index contributed by atoms with van der Waals surface area (Å²) in [6, 6.07) is 6.91. The minimum absolute atomic E-state index is 0.00784. The molecule has 0 aliphatic carbocycles. The second-order valence-electron chi connectivity index (χ2n) is 4.69. The molecule has 0 amide bonds. The van der Waals surface area contributed by atoms with Crippen molar-refractivity contribution < 1.29 is 13.5 Å². The molecule has 3 atom stereocenters. The highest BCUT2D eigenvalue weighted by molar-refractivity contribution is 7.91. The van der Waals surface area contributed by atoms with Crippen LogP contribution in [0.25, 0.3) is 0 Å². The third-order valence-electron chi connectivity index (χ3n) is 3.16. The van der Waals surface area contributed by atoms with E-state index in [-0.39, 0.29) is 17.5 Å². The zero-order chi connectivity index (χ0) is 13.3. The molecule has 0 bridgehead atoms. The lowest BCUT2D eigenvalue weighted by Gasteiger charge is -2.21. The molecule has 6 heteroatoms. The summed E-state index contributed by atoms with van der Waals surface area (Å²) in [6.45, 7) is 1.93. The number of hydrogen-bond acceptors (Lipinski definition) is 4. The van der Waals surface area contributed by atoms with Crippen LogP contribution >= 0.6 is 11.6 Å². The number of rotatable bonds is 3. The standard InChI is InChI=1S/C12H16ClNO3S/c1-8(9-2-4-10(13)5-3-9)14-11-6-18(16,17)7-12(11)15/h2-5,8,11-12,14-15H,6-7H2,1H3. The van der Waals surface area contributed by atoms with Crippen LogP contribution in [-0.4, -0.2) is 37.2 Å². The van der Waals surface area contributed by atoms with Crippen molar-refractivity contribution in [2.75, 3.05) is 11.5 Å². The van der Waals surface area contributed by atoms with Gasteiger partial charge in [0.15, 0.2) is 9.84 Å². The van der Waals surface area contributed by atoms with Gasteiger partial charge in [0, 0.05) is 17.1 Å². The molecule has 3 unspecified atom stereocenters. The van der Waals surface area contributed by atoms with Gasteiger partial charge in [0.1, 0.15) is 0 Å². The van der Waals surface area contributed by atoms with E-state index in [0.717, 1.165) is 5.56 Å². The molecule has 18 heavy (non-hydrogen) atoms. The van der Waals surface area contributed by atoms with Crippen LogP contribution in [0.5, 0.6) is 0 Å². The maximum Gasteiger partial charge on any atom is 0.154 e.